The van der Waals surface area contributed by atoms with Crippen molar-refractivity contribution in [3.05, 3.63) is 0 Å². The third-order valence-electron chi connectivity index (χ3n) is 5.97. The van der Waals surface area contributed by atoms with Crippen LogP contribution in [-0.4, -0.2) is 36.1 Å². The van der Waals surface area contributed by atoms with Gasteiger partial charge in [-0.2, -0.15) is 0 Å². The first kappa shape index (κ1) is 13.9. The molecule has 5 unspecified atom stereocenters. The minimum atomic E-state index is 0.775. The maximum absolute atomic E-state index is 3.79. The van der Waals surface area contributed by atoms with Crippen LogP contribution in [0.4, 0.5) is 0 Å². The van der Waals surface area contributed by atoms with Crippen LogP contribution in [0.2, 0.25) is 0 Å². The molecule has 3 fully saturated rings. The van der Waals surface area contributed by atoms with Crippen molar-refractivity contribution in [2.75, 3.05) is 13.1 Å². The number of likely N-dealkylation sites (N-methyl/N-ethyl adjacent to an activating group) is 1. The van der Waals surface area contributed by atoms with Crippen LogP contribution in [0, 0.1) is 11.8 Å². The van der Waals surface area contributed by atoms with Crippen LogP contribution in [-0.2, 0) is 0 Å². The van der Waals surface area contributed by atoms with Gasteiger partial charge < -0.3 is 5.32 Å². The molecule has 0 radical (unpaired) electrons. The van der Waals surface area contributed by atoms with E-state index in [-0.39, 0.29) is 0 Å². The quantitative estimate of drug-likeness (QED) is 0.818. The molecule has 0 amide bonds. The highest BCUT2D eigenvalue weighted by molar-refractivity contribution is 5.00. The minimum absolute atomic E-state index is 0.775. The zero-order chi connectivity index (χ0) is 13.2. The summed E-state index contributed by atoms with van der Waals surface area (Å²) in [4.78, 5) is 2.92. The smallest absolute Gasteiger partial charge is 0.0255 e. The van der Waals surface area contributed by atoms with Crippen molar-refractivity contribution < 1.29 is 0 Å². The van der Waals surface area contributed by atoms with E-state index >= 15 is 0 Å². The Balaban J connectivity index is 1.66. The van der Waals surface area contributed by atoms with Gasteiger partial charge in [0.1, 0.15) is 0 Å². The molecular formula is C17H32N2. The van der Waals surface area contributed by atoms with E-state index in [1.807, 2.05) is 0 Å². The molecule has 1 aliphatic heterocycles. The molecule has 1 heterocycles. The van der Waals surface area contributed by atoms with Crippen molar-refractivity contribution in [3.63, 3.8) is 0 Å². The number of likely N-dealkylation sites (tertiary alicyclic amines) is 1. The molecule has 2 bridgehead atoms. The number of nitrogens with one attached hydrogen (secondary N) is 1. The molecule has 3 aliphatic rings. The Hall–Kier alpha value is -0.0800. The molecule has 3 rings (SSSR count). The molecule has 0 aromatic rings. The van der Waals surface area contributed by atoms with E-state index in [0.717, 1.165) is 36.5 Å². The summed E-state index contributed by atoms with van der Waals surface area (Å²) in [7, 11) is 0. The van der Waals surface area contributed by atoms with E-state index in [4.69, 9.17) is 0 Å². The van der Waals surface area contributed by atoms with Gasteiger partial charge in [-0.05, 0) is 56.9 Å². The standard InChI is InChI=1S/C17H32N2/c1-3-5-13-7-9-16(18-4-2)17(11-13)19-12-14-6-8-15(19)10-14/h13-18H,3-12H2,1-2H3. The van der Waals surface area contributed by atoms with E-state index < -0.39 is 0 Å². The highest BCUT2D eigenvalue weighted by Gasteiger charge is 2.44. The topological polar surface area (TPSA) is 15.3 Å². The molecule has 110 valence electrons. The van der Waals surface area contributed by atoms with Crippen LogP contribution < -0.4 is 5.32 Å². The highest BCUT2D eigenvalue weighted by atomic mass is 15.2. The van der Waals surface area contributed by atoms with Gasteiger partial charge in [0, 0.05) is 24.7 Å². The molecule has 2 nitrogen and oxygen atoms in total. The second kappa shape index (κ2) is 6.13. The van der Waals surface area contributed by atoms with E-state index in [2.05, 4.69) is 24.1 Å². The van der Waals surface area contributed by atoms with Gasteiger partial charge in [0.05, 0.1) is 0 Å². The predicted molar refractivity (Wildman–Crippen MR) is 81.3 cm³/mol. The maximum atomic E-state index is 3.79. The number of hydrogen-bond acceptors (Lipinski definition) is 2. The Kier molecular flexibility index (Phi) is 4.48. The van der Waals surface area contributed by atoms with Gasteiger partial charge in [-0.15, -0.1) is 0 Å². The van der Waals surface area contributed by atoms with Gasteiger partial charge in [0.25, 0.3) is 0 Å². The normalized spacial score (nSPS) is 42.9. The van der Waals surface area contributed by atoms with E-state index in [1.165, 1.54) is 57.9 Å². The van der Waals surface area contributed by atoms with Crippen LogP contribution in [0.3, 0.4) is 0 Å². The Morgan fingerprint density at radius 1 is 1.05 bits per heavy atom. The average molecular weight is 264 g/mol. The fourth-order valence-corrected chi connectivity index (χ4v) is 5.14. The molecule has 0 aromatic heterocycles. The molecule has 0 aromatic carbocycles. The Bertz CT molecular complexity index is 291. The van der Waals surface area contributed by atoms with Gasteiger partial charge in [-0.1, -0.05) is 26.7 Å². The Labute approximate surface area is 119 Å². The van der Waals surface area contributed by atoms with E-state index in [9.17, 15) is 0 Å². The van der Waals surface area contributed by atoms with Crippen LogP contribution in [0.15, 0.2) is 0 Å². The fourth-order valence-electron chi connectivity index (χ4n) is 5.14. The van der Waals surface area contributed by atoms with Crippen molar-refractivity contribution >= 4 is 0 Å². The lowest BCUT2D eigenvalue weighted by Gasteiger charge is -2.45. The maximum Gasteiger partial charge on any atom is 0.0255 e. The first-order chi connectivity index (χ1) is 9.31. The SMILES string of the molecule is CCCC1CCC(NCC)C(N2CC3CCC2C3)C1. The number of rotatable bonds is 5. The first-order valence-corrected chi connectivity index (χ1v) is 8.80. The fraction of sp³-hybridized carbons (Fsp3) is 1.00. The summed E-state index contributed by atoms with van der Waals surface area (Å²) < 4.78 is 0. The molecule has 2 heteroatoms. The molecule has 2 aliphatic carbocycles. The number of fused-ring (bicyclic) bond motifs is 2. The predicted octanol–water partition coefficient (Wildman–Crippen LogP) is 3.42. The average Bonchev–Trinajstić information content (AvgIpc) is 3.03. The third-order valence-corrected chi connectivity index (χ3v) is 5.97. The van der Waals surface area contributed by atoms with Gasteiger partial charge in [0.15, 0.2) is 0 Å². The summed E-state index contributed by atoms with van der Waals surface area (Å²) in [6.45, 7) is 7.17. The summed E-state index contributed by atoms with van der Waals surface area (Å²) in [6, 6.07) is 2.56. The second-order valence-corrected chi connectivity index (χ2v) is 7.23. The van der Waals surface area contributed by atoms with Crippen LogP contribution in [0.5, 0.6) is 0 Å². The van der Waals surface area contributed by atoms with E-state index in [0.29, 0.717) is 0 Å². The van der Waals surface area contributed by atoms with E-state index in [1.54, 1.807) is 0 Å². The van der Waals surface area contributed by atoms with Gasteiger partial charge in [0.2, 0.25) is 0 Å². The molecule has 0 spiro atoms. The highest BCUT2D eigenvalue weighted by Crippen LogP contribution is 2.42. The van der Waals surface area contributed by atoms with Crippen LogP contribution in [0.1, 0.15) is 65.2 Å². The number of piperidine rings is 1. The third kappa shape index (κ3) is 2.85. The lowest BCUT2D eigenvalue weighted by atomic mass is 9.79. The number of hydrogen-bond donors (Lipinski definition) is 1. The molecular weight excluding hydrogens is 232 g/mol. The molecule has 2 saturated carbocycles. The zero-order valence-corrected chi connectivity index (χ0v) is 12.9. The molecule has 1 N–H and O–H groups in total. The molecule has 5 atom stereocenters. The van der Waals surface area contributed by atoms with Gasteiger partial charge in [-0.25, -0.2) is 0 Å². The zero-order valence-electron chi connectivity index (χ0n) is 12.9. The largest absolute Gasteiger partial charge is 0.313 e. The van der Waals surface area contributed by atoms with Crippen molar-refractivity contribution in [3.8, 4) is 0 Å². The summed E-state index contributed by atoms with van der Waals surface area (Å²) in [5.74, 6) is 2.04. The van der Waals surface area contributed by atoms with Crippen molar-refractivity contribution in [1.82, 2.24) is 10.2 Å². The summed E-state index contributed by atoms with van der Waals surface area (Å²) >= 11 is 0. The first-order valence-electron chi connectivity index (χ1n) is 8.80. The van der Waals surface area contributed by atoms with Gasteiger partial charge >= 0.3 is 0 Å². The minimum Gasteiger partial charge on any atom is -0.313 e. The summed E-state index contributed by atoms with van der Waals surface area (Å²) in [5, 5.41) is 3.79. The van der Waals surface area contributed by atoms with Crippen molar-refractivity contribution in [2.45, 2.75) is 83.3 Å². The van der Waals surface area contributed by atoms with Crippen molar-refractivity contribution in [2.24, 2.45) is 11.8 Å². The Morgan fingerprint density at radius 2 is 1.95 bits per heavy atom. The Morgan fingerprint density at radius 3 is 2.58 bits per heavy atom. The molecule has 19 heavy (non-hydrogen) atoms. The lowest BCUT2D eigenvalue weighted by Crippen LogP contribution is -2.55. The second-order valence-electron chi connectivity index (χ2n) is 7.23. The van der Waals surface area contributed by atoms with Crippen LogP contribution >= 0.6 is 0 Å². The molecule has 1 saturated heterocycles. The lowest BCUT2D eigenvalue weighted by molar-refractivity contribution is 0.0688. The number of nitrogens with zero attached hydrogens (tertiary/aromatic N) is 1. The van der Waals surface area contributed by atoms with Gasteiger partial charge in [-0.3, -0.25) is 4.90 Å². The van der Waals surface area contributed by atoms with Crippen molar-refractivity contribution in [1.29, 1.82) is 0 Å². The summed E-state index contributed by atoms with van der Waals surface area (Å²) in [6.07, 6.45) is 11.7. The summed E-state index contributed by atoms with van der Waals surface area (Å²) in [5.41, 5.74) is 0. The van der Waals surface area contributed by atoms with Crippen LogP contribution in [0.25, 0.3) is 0 Å². The monoisotopic (exact) mass is 264 g/mol.